The van der Waals surface area contributed by atoms with Crippen LogP contribution in [-0.2, 0) is 9.47 Å². The number of nitrogens with two attached hydrogens (primary N) is 1. The molecule has 0 spiro atoms. The number of ether oxygens (including phenoxy) is 2. The Labute approximate surface area is 107 Å². The van der Waals surface area contributed by atoms with E-state index in [-0.39, 0.29) is 12.3 Å². The van der Waals surface area contributed by atoms with Crippen LogP contribution in [-0.4, -0.2) is 33.1 Å². The average Bonchev–Trinajstić information content (AvgIpc) is 2.34. The third-order valence-electron chi connectivity index (χ3n) is 2.48. The molecule has 0 heterocycles. The summed E-state index contributed by atoms with van der Waals surface area (Å²) in [5.74, 6) is 0. The largest absolute Gasteiger partial charge is 0.381 e. The lowest BCUT2D eigenvalue weighted by Gasteiger charge is -2.22. The van der Waals surface area contributed by atoms with E-state index in [4.69, 9.17) is 26.8 Å². The molecule has 0 radical (unpaired) electrons. The number of benzene rings is 1. The molecule has 0 amide bonds. The smallest absolute Gasteiger partial charge is 0.158 e. The van der Waals surface area contributed by atoms with Gasteiger partial charge in [0.25, 0.3) is 0 Å². The molecule has 17 heavy (non-hydrogen) atoms. The van der Waals surface area contributed by atoms with E-state index < -0.39 is 0 Å². The predicted octanol–water partition coefficient (Wildman–Crippen LogP) is 2.09. The van der Waals surface area contributed by atoms with Crippen molar-refractivity contribution in [2.75, 3.05) is 26.1 Å². The van der Waals surface area contributed by atoms with Crippen LogP contribution in [0.2, 0.25) is 5.02 Å². The molecule has 0 aliphatic rings. The van der Waals surface area contributed by atoms with Gasteiger partial charge in [0.15, 0.2) is 6.29 Å². The molecule has 3 N–H and O–H groups in total. The fraction of sp³-hybridized carbons (Fsp3) is 0.500. The SMILES string of the molecule is COC(CC(CN)Nc1cccc(Cl)c1)OC. The summed E-state index contributed by atoms with van der Waals surface area (Å²) >= 11 is 5.91. The second-order valence-corrected chi connectivity index (χ2v) is 4.16. The van der Waals surface area contributed by atoms with Gasteiger partial charge in [-0.1, -0.05) is 17.7 Å². The molecule has 0 saturated heterocycles. The highest BCUT2D eigenvalue weighted by atomic mass is 35.5. The summed E-state index contributed by atoms with van der Waals surface area (Å²) in [5, 5.41) is 3.99. The molecule has 0 aliphatic carbocycles. The van der Waals surface area contributed by atoms with Crippen LogP contribution < -0.4 is 11.1 Å². The highest BCUT2D eigenvalue weighted by molar-refractivity contribution is 6.30. The van der Waals surface area contributed by atoms with Gasteiger partial charge in [-0.2, -0.15) is 0 Å². The van der Waals surface area contributed by atoms with E-state index in [1.54, 1.807) is 14.2 Å². The summed E-state index contributed by atoms with van der Waals surface area (Å²) in [6.45, 7) is 0.496. The molecule has 0 aliphatic heterocycles. The van der Waals surface area contributed by atoms with Gasteiger partial charge in [0.05, 0.1) is 0 Å². The van der Waals surface area contributed by atoms with Crippen molar-refractivity contribution in [3.63, 3.8) is 0 Å². The van der Waals surface area contributed by atoms with Crippen LogP contribution in [0.25, 0.3) is 0 Å². The zero-order chi connectivity index (χ0) is 12.7. The van der Waals surface area contributed by atoms with Gasteiger partial charge in [0.2, 0.25) is 0 Å². The van der Waals surface area contributed by atoms with Gasteiger partial charge in [-0.05, 0) is 18.2 Å². The van der Waals surface area contributed by atoms with Crippen molar-refractivity contribution in [3.8, 4) is 0 Å². The molecule has 96 valence electrons. The molecular formula is C12H19ClN2O2. The number of methoxy groups -OCH3 is 2. The summed E-state index contributed by atoms with van der Waals surface area (Å²) in [6, 6.07) is 7.61. The molecule has 1 rings (SSSR count). The Kier molecular flexibility index (Phi) is 6.29. The second kappa shape index (κ2) is 7.50. The third kappa shape index (κ3) is 4.91. The highest BCUT2D eigenvalue weighted by Gasteiger charge is 2.14. The van der Waals surface area contributed by atoms with Crippen LogP contribution in [0, 0.1) is 0 Å². The molecule has 1 aromatic carbocycles. The maximum absolute atomic E-state index is 5.91. The monoisotopic (exact) mass is 258 g/mol. The average molecular weight is 259 g/mol. The number of hydrogen-bond donors (Lipinski definition) is 2. The summed E-state index contributed by atoms with van der Waals surface area (Å²) in [5.41, 5.74) is 6.65. The molecule has 1 unspecified atom stereocenters. The zero-order valence-corrected chi connectivity index (χ0v) is 10.9. The minimum absolute atomic E-state index is 0.0818. The lowest BCUT2D eigenvalue weighted by Crippen LogP contribution is -2.34. The normalized spacial score (nSPS) is 12.8. The van der Waals surface area contributed by atoms with Gasteiger partial charge in [0.1, 0.15) is 0 Å². The number of anilines is 1. The molecule has 5 heteroatoms. The Hall–Kier alpha value is -0.810. The van der Waals surface area contributed by atoms with Gasteiger partial charge in [-0.3, -0.25) is 0 Å². The number of rotatable bonds is 7. The Bertz CT molecular complexity index is 332. The van der Waals surface area contributed by atoms with Crippen molar-refractivity contribution in [2.45, 2.75) is 18.8 Å². The van der Waals surface area contributed by atoms with Crippen LogP contribution in [0.5, 0.6) is 0 Å². The van der Waals surface area contributed by atoms with Crippen molar-refractivity contribution >= 4 is 17.3 Å². The quantitative estimate of drug-likeness (QED) is 0.736. The minimum atomic E-state index is -0.254. The molecule has 0 fully saturated rings. The van der Waals surface area contributed by atoms with Crippen LogP contribution in [0.15, 0.2) is 24.3 Å². The zero-order valence-electron chi connectivity index (χ0n) is 10.2. The van der Waals surface area contributed by atoms with Crippen molar-refractivity contribution in [1.82, 2.24) is 0 Å². The van der Waals surface area contributed by atoms with Crippen LogP contribution >= 0.6 is 11.6 Å². The Morgan fingerprint density at radius 3 is 2.59 bits per heavy atom. The van der Waals surface area contributed by atoms with Crippen molar-refractivity contribution < 1.29 is 9.47 Å². The van der Waals surface area contributed by atoms with E-state index in [2.05, 4.69) is 5.32 Å². The molecule has 0 bridgehead atoms. The van der Waals surface area contributed by atoms with E-state index in [0.717, 1.165) is 5.69 Å². The van der Waals surface area contributed by atoms with Crippen molar-refractivity contribution in [2.24, 2.45) is 5.73 Å². The third-order valence-corrected chi connectivity index (χ3v) is 2.72. The minimum Gasteiger partial charge on any atom is -0.381 e. The topological polar surface area (TPSA) is 56.5 Å². The first kappa shape index (κ1) is 14.3. The lowest BCUT2D eigenvalue weighted by molar-refractivity contribution is -0.107. The van der Waals surface area contributed by atoms with Crippen LogP contribution in [0.1, 0.15) is 6.42 Å². The van der Waals surface area contributed by atoms with Crippen molar-refractivity contribution in [3.05, 3.63) is 29.3 Å². The van der Waals surface area contributed by atoms with E-state index in [9.17, 15) is 0 Å². The van der Waals surface area contributed by atoms with Crippen molar-refractivity contribution in [1.29, 1.82) is 0 Å². The van der Waals surface area contributed by atoms with Gasteiger partial charge < -0.3 is 20.5 Å². The van der Waals surface area contributed by atoms with Gasteiger partial charge in [0, 0.05) is 43.9 Å². The Morgan fingerprint density at radius 2 is 2.06 bits per heavy atom. The molecular weight excluding hydrogens is 240 g/mol. The second-order valence-electron chi connectivity index (χ2n) is 3.72. The molecule has 0 saturated carbocycles. The fourth-order valence-electron chi connectivity index (χ4n) is 1.55. The Balaban J connectivity index is 2.57. The molecule has 4 nitrogen and oxygen atoms in total. The summed E-state index contributed by atoms with van der Waals surface area (Å²) in [6.07, 6.45) is 0.422. The number of hydrogen-bond acceptors (Lipinski definition) is 4. The first-order chi connectivity index (χ1) is 8.19. The lowest BCUT2D eigenvalue weighted by atomic mass is 10.2. The standard InChI is InChI=1S/C12H19ClN2O2/c1-16-12(17-2)7-11(8-14)15-10-5-3-4-9(13)6-10/h3-6,11-12,15H,7-8,14H2,1-2H3. The first-order valence-electron chi connectivity index (χ1n) is 5.47. The van der Waals surface area contributed by atoms with Gasteiger partial charge >= 0.3 is 0 Å². The first-order valence-corrected chi connectivity index (χ1v) is 5.85. The molecule has 1 aromatic rings. The molecule has 1 atom stereocenters. The predicted molar refractivity (Wildman–Crippen MR) is 70.3 cm³/mol. The summed E-state index contributed by atoms with van der Waals surface area (Å²) < 4.78 is 10.3. The van der Waals surface area contributed by atoms with Crippen LogP contribution in [0.4, 0.5) is 5.69 Å². The van der Waals surface area contributed by atoms with Crippen LogP contribution in [0.3, 0.4) is 0 Å². The summed E-state index contributed by atoms with van der Waals surface area (Å²) in [7, 11) is 3.22. The van der Waals surface area contributed by atoms with Gasteiger partial charge in [-0.15, -0.1) is 0 Å². The Morgan fingerprint density at radius 1 is 1.35 bits per heavy atom. The van der Waals surface area contributed by atoms with E-state index in [0.29, 0.717) is 18.0 Å². The maximum atomic E-state index is 5.91. The van der Waals surface area contributed by atoms with E-state index in [1.165, 1.54) is 0 Å². The number of nitrogens with one attached hydrogen (secondary N) is 1. The number of halogens is 1. The highest BCUT2D eigenvalue weighted by Crippen LogP contribution is 2.17. The van der Waals surface area contributed by atoms with E-state index >= 15 is 0 Å². The summed E-state index contributed by atoms with van der Waals surface area (Å²) in [4.78, 5) is 0. The van der Waals surface area contributed by atoms with Gasteiger partial charge in [-0.25, -0.2) is 0 Å². The van der Waals surface area contributed by atoms with E-state index in [1.807, 2.05) is 24.3 Å². The fourth-order valence-corrected chi connectivity index (χ4v) is 1.74. The molecule has 0 aromatic heterocycles. The maximum Gasteiger partial charge on any atom is 0.158 e.